The molecule has 222 valence electrons. The van der Waals surface area contributed by atoms with Gasteiger partial charge in [-0.2, -0.15) is 0 Å². The monoisotopic (exact) mass is 614 g/mol. The minimum atomic E-state index is -0.609. The number of fused-ring (bicyclic) bond motifs is 1. The Balaban J connectivity index is 1.39. The Morgan fingerprint density at radius 3 is 2.49 bits per heavy atom. The van der Waals surface area contributed by atoms with E-state index < -0.39 is 11.2 Å². The number of thiophene rings is 1. The van der Waals surface area contributed by atoms with Crippen LogP contribution in [0.1, 0.15) is 62.2 Å². The SMILES string of the molecule is CCOC(=O)c1c(NC(=O)C(Sc2cccc(NC(=O)c3ccc(OC)cc3)c2)c2ccccc2)sc2c1CCC(C)C2. The Kier molecular flexibility index (Phi) is 9.84. The second kappa shape index (κ2) is 13.9. The molecule has 2 atom stereocenters. The molecule has 0 aliphatic heterocycles. The first-order valence-electron chi connectivity index (χ1n) is 14.3. The molecule has 0 radical (unpaired) electrons. The number of benzene rings is 3. The third-order valence-corrected chi connectivity index (χ3v) is 9.68. The van der Waals surface area contributed by atoms with Gasteiger partial charge in [0.05, 0.1) is 19.3 Å². The zero-order valence-corrected chi connectivity index (χ0v) is 26.0. The Morgan fingerprint density at radius 1 is 1.00 bits per heavy atom. The maximum Gasteiger partial charge on any atom is 0.341 e. The van der Waals surface area contributed by atoms with Crippen molar-refractivity contribution in [3.05, 3.63) is 106 Å². The molecular formula is C34H34N2O5S2. The Hall–Kier alpha value is -4.08. The Morgan fingerprint density at radius 2 is 1.77 bits per heavy atom. The average Bonchev–Trinajstić information content (AvgIpc) is 3.37. The quantitative estimate of drug-likeness (QED) is 0.140. The van der Waals surface area contributed by atoms with Gasteiger partial charge in [0, 0.05) is 21.0 Å². The molecule has 1 aromatic heterocycles. The molecule has 1 heterocycles. The van der Waals surface area contributed by atoms with Crippen LogP contribution in [0.2, 0.25) is 0 Å². The van der Waals surface area contributed by atoms with E-state index >= 15 is 0 Å². The van der Waals surface area contributed by atoms with Gasteiger partial charge in [0.1, 0.15) is 16.0 Å². The largest absolute Gasteiger partial charge is 0.497 e. The smallest absolute Gasteiger partial charge is 0.341 e. The van der Waals surface area contributed by atoms with Crippen LogP contribution < -0.4 is 15.4 Å². The topological polar surface area (TPSA) is 93.7 Å². The van der Waals surface area contributed by atoms with E-state index in [4.69, 9.17) is 9.47 Å². The number of rotatable bonds is 10. The standard InChI is InChI=1S/C34H34N2O5S2/c1-4-41-34(39)29-27-18-13-21(2)19-28(27)43-33(29)36-32(38)30(22-9-6-5-7-10-22)42-26-12-8-11-24(20-26)35-31(37)23-14-16-25(40-3)17-15-23/h5-12,14-17,20-21,30H,4,13,18-19H2,1-3H3,(H,35,37)(H,36,38). The molecular weight excluding hydrogens is 581 g/mol. The fourth-order valence-electron chi connectivity index (χ4n) is 5.07. The highest BCUT2D eigenvalue weighted by molar-refractivity contribution is 8.00. The lowest BCUT2D eigenvalue weighted by Crippen LogP contribution is -2.20. The molecule has 0 saturated carbocycles. The summed E-state index contributed by atoms with van der Waals surface area (Å²) in [6.07, 6.45) is 2.68. The molecule has 4 aromatic rings. The molecule has 43 heavy (non-hydrogen) atoms. The van der Waals surface area contributed by atoms with Crippen LogP contribution >= 0.6 is 23.1 Å². The zero-order valence-electron chi connectivity index (χ0n) is 24.3. The van der Waals surface area contributed by atoms with Gasteiger partial charge in [-0.25, -0.2) is 4.79 Å². The van der Waals surface area contributed by atoms with Crippen LogP contribution in [0.5, 0.6) is 5.75 Å². The van der Waals surface area contributed by atoms with Crippen LogP contribution in [0.4, 0.5) is 10.7 Å². The zero-order chi connectivity index (χ0) is 30.3. The van der Waals surface area contributed by atoms with E-state index in [0.29, 0.717) is 33.5 Å². The van der Waals surface area contributed by atoms with Crippen molar-refractivity contribution in [3.8, 4) is 5.75 Å². The average molecular weight is 615 g/mol. The summed E-state index contributed by atoms with van der Waals surface area (Å²) in [5.41, 5.74) is 3.43. The molecule has 5 rings (SSSR count). The first kappa shape index (κ1) is 30.4. The predicted molar refractivity (Wildman–Crippen MR) is 173 cm³/mol. The van der Waals surface area contributed by atoms with Crippen molar-refractivity contribution < 1.29 is 23.9 Å². The van der Waals surface area contributed by atoms with Crippen LogP contribution in [-0.4, -0.2) is 31.5 Å². The summed E-state index contributed by atoms with van der Waals surface area (Å²) < 4.78 is 10.6. The molecule has 0 spiro atoms. The van der Waals surface area contributed by atoms with Gasteiger partial charge in [-0.15, -0.1) is 23.1 Å². The number of hydrogen-bond donors (Lipinski definition) is 2. The second-order valence-corrected chi connectivity index (χ2v) is 12.7. The van der Waals surface area contributed by atoms with E-state index in [-0.39, 0.29) is 18.4 Å². The van der Waals surface area contributed by atoms with Crippen molar-refractivity contribution in [2.75, 3.05) is 24.4 Å². The number of methoxy groups -OCH3 is 1. The van der Waals surface area contributed by atoms with Crippen molar-refractivity contribution in [3.63, 3.8) is 0 Å². The summed E-state index contributed by atoms with van der Waals surface area (Å²) in [6, 6.07) is 23.8. The lowest BCUT2D eigenvalue weighted by Gasteiger charge is -2.19. The second-order valence-electron chi connectivity index (χ2n) is 10.4. The predicted octanol–water partition coefficient (Wildman–Crippen LogP) is 7.78. The lowest BCUT2D eigenvalue weighted by atomic mass is 9.88. The van der Waals surface area contributed by atoms with Crippen molar-refractivity contribution >= 4 is 51.6 Å². The van der Waals surface area contributed by atoms with Gasteiger partial charge in [-0.1, -0.05) is 43.3 Å². The van der Waals surface area contributed by atoms with Crippen molar-refractivity contribution in [1.82, 2.24) is 0 Å². The molecule has 2 unspecified atom stereocenters. The summed E-state index contributed by atoms with van der Waals surface area (Å²) >= 11 is 2.86. The van der Waals surface area contributed by atoms with Crippen molar-refractivity contribution in [2.45, 2.75) is 43.3 Å². The van der Waals surface area contributed by atoms with E-state index in [1.807, 2.05) is 54.6 Å². The van der Waals surface area contributed by atoms with Crippen LogP contribution in [0.3, 0.4) is 0 Å². The van der Waals surface area contributed by atoms with Crippen LogP contribution in [0.15, 0.2) is 83.8 Å². The molecule has 0 saturated heterocycles. The summed E-state index contributed by atoms with van der Waals surface area (Å²) in [5.74, 6) is 0.321. The molecule has 7 nitrogen and oxygen atoms in total. The number of carbonyl (C=O) groups excluding carboxylic acids is 3. The maximum absolute atomic E-state index is 14.0. The number of hydrogen-bond acceptors (Lipinski definition) is 7. The maximum atomic E-state index is 14.0. The highest BCUT2D eigenvalue weighted by atomic mass is 32.2. The molecule has 0 fully saturated rings. The lowest BCUT2D eigenvalue weighted by molar-refractivity contribution is -0.115. The normalized spacial score (nSPS) is 14.7. The number of esters is 1. The molecule has 1 aliphatic carbocycles. The molecule has 0 bridgehead atoms. The number of carbonyl (C=O) groups is 3. The first-order valence-corrected chi connectivity index (χ1v) is 16.0. The van der Waals surface area contributed by atoms with Gasteiger partial charge in [0.15, 0.2) is 0 Å². The molecule has 2 amide bonds. The summed E-state index contributed by atoms with van der Waals surface area (Å²) in [7, 11) is 1.58. The Labute approximate surface area is 260 Å². The van der Waals surface area contributed by atoms with E-state index in [1.54, 1.807) is 38.3 Å². The van der Waals surface area contributed by atoms with Gasteiger partial charge in [-0.3, -0.25) is 9.59 Å². The highest BCUT2D eigenvalue weighted by Crippen LogP contribution is 2.42. The molecule has 1 aliphatic rings. The Bertz CT molecular complexity index is 1600. The highest BCUT2D eigenvalue weighted by Gasteiger charge is 2.31. The minimum Gasteiger partial charge on any atom is -0.497 e. The number of anilines is 2. The van der Waals surface area contributed by atoms with Crippen LogP contribution in [-0.2, 0) is 22.4 Å². The number of thioether (sulfide) groups is 1. The van der Waals surface area contributed by atoms with Gasteiger partial charge < -0.3 is 20.1 Å². The third kappa shape index (κ3) is 7.29. The molecule has 2 N–H and O–H groups in total. The molecule has 3 aromatic carbocycles. The minimum absolute atomic E-state index is 0.235. The van der Waals surface area contributed by atoms with E-state index in [0.717, 1.165) is 40.2 Å². The van der Waals surface area contributed by atoms with Gasteiger partial charge in [-0.05, 0) is 85.7 Å². The van der Waals surface area contributed by atoms with Crippen molar-refractivity contribution in [2.24, 2.45) is 5.92 Å². The van der Waals surface area contributed by atoms with E-state index in [9.17, 15) is 14.4 Å². The third-order valence-electron chi connectivity index (χ3n) is 7.27. The summed E-state index contributed by atoms with van der Waals surface area (Å²) in [4.78, 5) is 41.8. The fourth-order valence-corrected chi connectivity index (χ4v) is 7.55. The number of nitrogens with one attached hydrogen (secondary N) is 2. The van der Waals surface area contributed by atoms with Gasteiger partial charge >= 0.3 is 5.97 Å². The van der Waals surface area contributed by atoms with Crippen molar-refractivity contribution in [1.29, 1.82) is 0 Å². The first-order chi connectivity index (χ1) is 20.9. The summed E-state index contributed by atoms with van der Waals surface area (Å²) in [6.45, 7) is 4.26. The number of ether oxygens (including phenoxy) is 2. The molecule has 9 heteroatoms. The van der Waals surface area contributed by atoms with Crippen LogP contribution in [0, 0.1) is 5.92 Å². The van der Waals surface area contributed by atoms with Crippen LogP contribution in [0.25, 0.3) is 0 Å². The van der Waals surface area contributed by atoms with E-state index in [1.165, 1.54) is 23.1 Å². The summed E-state index contributed by atoms with van der Waals surface area (Å²) in [5, 5.41) is 5.97. The number of amides is 2. The van der Waals surface area contributed by atoms with E-state index in [2.05, 4.69) is 17.6 Å². The van der Waals surface area contributed by atoms with Gasteiger partial charge in [0.2, 0.25) is 5.91 Å². The van der Waals surface area contributed by atoms with Gasteiger partial charge in [0.25, 0.3) is 5.91 Å². The fraction of sp³-hybridized carbons (Fsp3) is 0.265.